The number of hydrogen-bond donors (Lipinski definition) is 1. The molecule has 0 atom stereocenters. The fraction of sp³-hybridized carbons (Fsp3) is 0.143. The van der Waals surface area contributed by atoms with Gasteiger partial charge in [-0.15, -0.1) is 0 Å². The van der Waals surface area contributed by atoms with Crippen LogP contribution in [0.15, 0.2) is 21.1 Å². The van der Waals surface area contributed by atoms with Crippen LogP contribution in [-0.2, 0) is 6.18 Å². The first-order valence-corrected chi connectivity index (χ1v) is 4.72. The Labute approximate surface area is 89.4 Å². The van der Waals surface area contributed by atoms with Crippen LogP contribution >= 0.6 is 31.9 Å². The Balaban J connectivity index is 3.38. The van der Waals surface area contributed by atoms with Crippen molar-refractivity contribution >= 4 is 37.5 Å². The van der Waals surface area contributed by atoms with E-state index in [0.29, 0.717) is 4.47 Å². The largest absolute Gasteiger partial charge is 0.419 e. The van der Waals surface area contributed by atoms with E-state index in [4.69, 9.17) is 5.73 Å². The standard InChI is InChI=1S/C7H4Br2F3N/c8-3-1-4(9)6(5(13)2-3)7(10,11)12/h1-2H,13H2. The van der Waals surface area contributed by atoms with E-state index in [0.717, 1.165) is 0 Å². The van der Waals surface area contributed by atoms with Gasteiger partial charge in [-0.2, -0.15) is 13.2 Å². The van der Waals surface area contributed by atoms with Crippen molar-refractivity contribution in [2.24, 2.45) is 0 Å². The zero-order chi connectivity index (χ0) is 10.2. The van der Waals surface area contributed by atoms with E-state index >= 15 is 0 Å². The third-order valence-electron chi connectivity index (χ3n) is 1.37. The van der Waals surface area contributed by atoms with Gasteiger partial charge in [0.2, 0.25) is 0 Å². The highest BCUT2D eigenvalue weighted by molar-refractivity contribution is 9.11. The van der Waals surface area contributed by atoms with Crippen LogP contribution in [0, 0.1) is 0 Å². The van der Waals surface area contributed by atoms with Crippen molar-refractivity contribution in [3.63, 3.8) is 0 Å². The first kappa shape index (κ1) is 10.8. The number of anilines is 1. The molecule has 0 aromatic heterocycles. The van der Waals surface area contributed by atoms with E-state index in [1.54, 1.807) is 0 Å². The molecule has 0 radical (unpaired) electrons. The summed E-state index contributed by atoms with van der Waals surface area (Å²) in [5.41, 5.74) is 4.09. The Morgan fingerprint density at radius 1 is 1.15 bits per heavy atom. The topological polar surface area (TPSA) is 26.0 Å². The third-order valence-corrected chi connectivity index (χ3v) is 2.45. The molecule has 1 nitrogen and oxygen atoms in total. The predicted octanol–water partition coefficient (Wildman–Crippen LogP) is 3.81. The molecule has 1 aromatic rings. The van der Waals surface area contributed by atoms with Gasteiger partial charge < -0.3 is 5.73 Å². The van der Waals surface area contributed by atoms with Crippen molar-refractivity contribution in [3.05, 3.63) is 26.6 Å². The highest BCUT2D eigenvalue weighted by atomic mass is 79.9. The average molecular weight is 319 g/mol. The van der Waals surface area contributed by atoms with Crippen LogP contribution in [0.4, 0.5) is 18.9 Å². The maximum atomic E-state index is 12.3. The van der Waals surface area contributed by atoms with Crippen molar-refractivity contribution in [1.29, 1.82) is 0 Å². The van der Waals surface area contributed by atoms with Crippen LogP contribution in [0.1, 0.15) is 5.56 Å². The maximum absolute atomic E-state index is 12.3. The highest BCUT2D eigenvalue weighted by Gasteiger charge is 2.35. The molecule has 1 rings (SSSR count). The van der Waals surface area contributed by atoms with Crippen molar-refractivity contribution in [2.75, 3.05) is 5.73 Å². The lowest BCUT2D eigenvalue weighted by Crippen LogP contribution is -2.09. The van der Waals surface area contributed by atoms with Crippen LogP contribution in [0.2, 0.25) is 0 Å². The number of rotatable bonds is 0. The van der Waals surface area contributed by atoms with Gasteiger partial charge in [-0.1, -0.05) is 31.9 Å². The second kappa shape index (κ2) is 3.49. The molecular weight excluding hydrogens is 315 g/mol. The second-order valence-electron chi connectivity index (χ2n) is 2.35. The van der Waals surface area contributed by atoms with Crippen LogP contribution in [0.25, 0.3) is 0 Å². The number of nitrogen functional groups attached to an aromatic ring is 1. The second-order valence-corrected chi connectivity index (χ2v) is 4.12. The fourth-order valence-electron chi connectivity index (χ4n) is 0.893. The summed E-state index contributed by atoms with van der Waals surface area (Å²) in [6, 6.07) is 2.52. The summed E-state index contributed by atoms with van der Waals surface area (Å²) in [5, 5.41) is 0. The van der Waals surface area contributed by atoms with Gasteiger partial charge in [0, 0.05) is 14.6 Å². The quantitative estimate of drug-likeness (QED) is 0.723. The Bertz CT molecular complexity index is 312. The lowest BCUT2D eigenvalue weighted by atomic mass is 10.2. The molecule has 0 unspecified atom stereocenters. The Morgan fingerprint density at radius 3 is 2.08 bits per heavy atom. The monoisotopic (exact) mass is 317 g/mol. The zero-order valence-corrected chi connectivity index (χ0v) is 9.29. The fourth-order valence-corrected chi connectivity index (χ4v) is 2.38. The summed E-state index contributed by atoms with van der Waals surface area (Å²) >= 11 is 5.84. The van der Waals surface area contributed by atoms with E-state index in [1.165, 1.54) is 12.1 Å². The smallest absolute Gasteiger partial charge is 0.398 e. The normalized spacial score (nSPS) is 11.8. The first-order valence-electron chi connectivity index (χ1n) is 3.14. The molecule has 0 saturated heterocycles. The summed E-state index contributed by atoms with van der Waals surface area (Å²) < 4.78 is 37.4. The molecule has 0 fully saturated rings. The Kier molecular flexibility index (Phi) is 2.91. The maximum Gasteiger partial charge on any atom is 0.419 e. The van der Waals surface area contributed by atoms with Gasteiger partial charge in [0.05, 0.1) is 5.56 Å². The molecule has 0 saturated carbocycles. The van der Waals surface area contributed by atoms with Gasteiger partial charge in [0.1, 0.15) is 0 Å². The average Bonchev–Trinajstić information content (AvgIpc) is 1.78. The van der Waals surface area contributed by atoms with Crippen LogP contribution in [0.5, 0.6) is 0 Å². The number of benzene rings is 1. The van der Waals surface area contributed by atoms with Gasteiger partial charge in [0.15, 0.2) is 0 Å². The summed E-state index contributed by atoms with van der Waals surface area (Å²) in [6.45, 7) is 0. The van der Waals surface area contributed by atoms with Gasteiger partial charge in [-0.25, -0.2) is 0 Å². The molecule has 0 aliphatic rings. The molecule has 13 heavy (non-hydrogen) atoms. The molecule has 0 heterocycles. The third kappa shape index (κ3) is 2.37. The van der Waals surface area contributed by atoms with Crippen molar-refractivity contribution < 1.29 is 13.2 Å². The summed E-state index contributed by atoms with van der Waals surface area (Å²) in [5.74, 6) is 0. The molecule has 6 heteroatoms. The molecule has 1 aromatic carbocycles. The van der Waals surface area contributed by atoms with Crippen molar-refractivity contribution in [2.45, 2.75) is 6.18 Å². The summed E-state index contributed by atoms with van der Waals surface area (Å²) in [6.07, 6.45) is -4.43. The predicted molar refractivity (Wildman–Crippen MR) is 51.3 cm³/mol. The van der Waals surface area contributed by atoms with Gasteiger partial charge >= 0.3 is 6.18 Å². The van der Waals surface area contributed by atoms with E-state index in [2.05, 4.69) is 31.9 Å². The molecule has 0 aliphatic heterocycles. The van der Waals surface area contributed by atoms with Crippen LogP contribution < -0.4 is 5.73 Å². The SMILES string of the molecule is Nc1cc(Br)cc(Br)c1C(F)(F)F. The van der Waals surface area contributed by atoms with Gasteiger partial charge in [-0.05, 0) is 12.1 Å². The van der Waals surface area contributed by atoms with Crippen molar-refractivity contribution in [3.8, 4) is 0 Å². The molecule has 0 amide bonds. The minimum Gasteiger partial charge on any atom is -0.398 e. The van der Waals surface area contributed by atoms with E-state index in [-0.39, 0.29) is 10.2 Å². The minimum atomic E-state index is -4.43. The number of alkyl halides is 3. The van der Waals surface area contributed by atoms with Crippen LogP contribution in [0.3, 0.4) is 0 Å². The number of nitrogens with two attached hydrogens (primary N) is 1. The Hall–Kier alpha value is -0.230. The Morgan fingerprint density at radius 2 is 1.69 bits per heavy atom. The molecule has 2 N–H and O–H groups in total. The van der Waals surface area contributed by atoms with E-state index in [9.17, 15) is 13.2 Å². The molecule has 0 spiro atoms. The van der Waals surface area contributed by atoms with E-state index < -0.39 is 11.7 Å². The molecule has 72 valence electrons. The summed E-state index contributed by atoms with van der Waals surface area (Å²) in [4.78, 5) is 0. The van der Waals surface area contributed by atoms with Crippen molar-refractivity contribution in [1.82, 2.24) is 0 Å². The highest BCUT2D eigenvalue weighted by Crippen LogP contribution is 2.40. The number of hydrogen-bond acceptors (Lipinski definition) is 1. The van der Waals surface area contributed by atoms with Gasteiger partial charge in [-0.3, -0.25) is 0 Å². The minimum absolute atomic E-state index is 0.0631. The first-order chi connectivity index (χ1) is 5.82. The molecular formula is C7H4Br2F3N. The lowest BCUT2D eigenvalue weighted by molar-refractivity contribution is -0.137. The molecule has 0 aliphatic carbocycles. The zero-order valence-electron chi connectivity index (χ0n) is 6.12. The van der Waals surface area contributed by atoms with Gasteiger partial charge in [0.25, 0.3) is 0 Å². The number of halogens is 5. The van der Waals surface area contributed by atoms with Crippen LogP contribution in [-0.4, -0.2) is 0 Å². The molecule has 0 bridgehead atoms. The van der Waals surface area contributed by atoms with E-state index in [1.807, 2.05) is 0 Å². The summed E-state index contributed by atoms with van der Waals surface area (Å²) in [7, 11) is 0. The lowest BCUT2D eigenvalue weighted by Gasteiger charge is -2.12.